The van der Waals surface area contributed by atoms with Gasteiger partial charge in [0.15, 0.2) is 0 Å². The van der Waals surface area contributed by atoms with Crippen LogP contribution in [0.1, 0.15) is 60.9 Å². The Hall–Kier alpha value is -2.86. The Morgan fingerprint density at radius 3 is 2.56 bits per heavy atom. The SMILES string of the molecule is CCOc1ccccc1NC(=O)[C@H]1c2ccccc2C(=O)N(CCOC)C12CCCCC2. The van der Waals surface area contributed by atoms with Crippen molar-refractivity contribution in [2.75, 3.05) is 32.2 Å². The van der Waals surface area contributed by atoms with Gasteiger partial charge in [-0.3, -0.25) is 9.59 Å². The minimum atomic E-state index is -0.549. The molecule has 6 nitrogen and oxygen atoms in total. The van der Waals surface area contributed by atoms with E-state index in [1.165, 1.54) is 0 Å². The molecule has 1 saturated carbocycles. The molecule has 2 aliphatic rings. The van der Waals surface area contributed by atoms with Crippen LogP contribution in [-0.4, -0.2) is 49.1 Å². The first-order valence-electron chi connectivity index (χ1n) is 11.5. The summed E-state index contributed by atoms with van der Waals surface area (Å²) >= 11 is 0. The number of hydrogen-bond donors (Lipinski definition) is 1. The third kappa shape index (κ3) is 3.99. The van der Waals surface area contributed by atoms with Crippen LogP contribution in [0.2, 0.25) is 0 Å². The highest BCUT2D eigenvalue weighted by Gasteiger charge is 2.54. The van der Waals surface area contributed by atoms with Gasteiger partial charge in [-0.15, -0.1) is 0 Å². The maximum Gasteiger partial charge on any atom is 0.254 e. The second kappa shape index (κ2) is 9.74. The summed E-state index contributed by atoms with van der Waals surface area (Å²) in [6, 6.07) is 15.1. The zero-order valence-corrected chi connectivity index (χ0v) is 18.9. The van der Waals surface area contributed by atoms with Crippen molar-refractivity contribution < 1.29 is 19.1 Å². The number of ether oxygens (including phenoxy) is 2. The second-order valence-corrected chi connectivity index (χ2v) is 8.55. The predicted molar refractivity (Wildman–Crippen MR) is 124 cm³/mol. The van der Waals surface area contributed by atoms with Gasteiger partial charge < -0.3 is 19.7 Å². The van der Waals surface area contributed by atoms with Gasteiger partial charge in [0.25, 0.3) is 5.91 Å². The van der Waals surface area contributed by atoms with E-state index in [1.54, 1.807) is 7.11 Å². The molecule has 1 N–H and O–H groups in total. The number of nitrogens with one attached hydrogen (secondary N) is 1. The first kappa shape index (κ1) is 22.3. The topological polar surface area (TPSA) is 67.9 Å². The quantitative estimate of drug-likeness (QED) is 0.688. The molecular formula is C26H32N2O4. The molecule has 0 aromatic heterocycles. The fourth-order valence-electron chi connectivity index (χ4n) is 5.41. The number of nitrogens with zero attached hydrogens (tertiary/aromatic N) is 1. The Morgan fingerprint density at radius 2 is 1.81 bits per heavy atom. The van der Waals surface area contributed by atoms with Crippen molar-refractivity contribution in [2.24, 2.45) is 0 Å². The minimum Gasteiger partial charge on any atom is -0.492 e. The fourth-order valence-corrected chi connectivity index (χ4v) is 5.41. The molecule has 1 aliphatic heterocycles. The van der Waals surface area contributed by atoms with Gasteiger partial charge in [-0.2, -0.15) is 0 Å². The molecule has 1 spiro atoms. The van der Waals surface area contributed by atoms with E-state index in [1.807, 2.05) is 60.4 Å². The monoisotopic (exact) mass is 436 g/mol. The predicted octanol–water partition coefficient (Wildman–Crippen LogP) is 4.61. The van der Waals surface area contributed by atoms with Gasteiger partial charge >= 0.3 is 0 Å². The average molecular weight is 437 g/mol. The van der Waals surface area contributed by atoms with Gasteiger partial charge in [0.2, 0.25) is 5.91 Å². The lowest BCUT2D eigenvalue weighted by atomic mass is 9.65. The Balaban J connectivity index is 1.79. The van der Waals surface area contributed by atoms with Gasteiger partial charge in [-0.05, 0) is 43.5 Å². The van der Waals surface area contributed by atoms with E-state index in [2.05, 4.69) is 5.32 Å². The summed E-state index contributed by atoms with van der Waals surface area (Å²) in [5.74, 6) is 0.0976. The Morgan fingerprint density at radius 1 is 1.09 bits per heavy atom. The van der Waals surface area contributed by atoms with E-state index in [0.29, 0.717) is 36.8 Å². The van der Waals surface area contributed by atoms with E-state index in [9.17, 15) is 9.59 Å². The summed E-state index contributed by atoms with van der Waals surface area (Å²) in [6.07, 6.45) is 4.73. The third-order valence-corrected chi connectivity index (χ3v) is 6.77. The number of hydrogen-bond acceptors (Lipinski definition) is 4. The van der Waals surface area contributed by atoms with Gasteiger partial charge in [0.05, 0.1) is 30.4 Å². The van der Waals surface area contributed by atoms with Crippen molar-refractivity contribution in [2.45, 2.75) is 50.5 Å². The fraction of sp³-hybridized carbons (Fsp3) is 0.462. The van der Waals surface area contributed by atoms with Crippen LogP contribution in [0.4, 0.5) is 5.69 Å². The zero-order valence-electron chi connectivity index (χ0n) is 18.9. The first-order chi connectivity index (χ1) is 15.6. The molecule has 0 bridgehead atoms. The van der Waals surface area contributed by atoms with E-state index < -0.39 is 11.5 Å². The Bertz CT molecular complexity index is 968. The molecule has 1 atom stereocenters. The van der Waals surface area contributed by atoms with Gasteiger partial charge in [-0.25, -0.2) is 0 Å². The summed E-state index contributed by atoms with van der Waals surface area (Å²) in [7, 11) is 1.64. The number of rotatable bonds is 7. The molecule has 4 rings (SSSR count). The molecular weight excluding hydrogens is 404 g/mol. The molecule has 6 heteroatoms. The normalized spacial score (nSPS) is 19.5. The van der Waals surface area contributed by atoms with Crippen molar-refractivity contribution in [3.05, 3.63) is 59.7 Å². The summed E-state index contributed by atoms with van der Waals surface area (Å²) < 4.78 is 11.1. The highest BCUT2D eigenvalue weighted by Crippen LogP contribution is 2.49. The number of anilines is 1. The minimum absolute atomic E-state index is 0.00156. The van der Waals surface area contributed by atoms with Crippen LogP contribution in [0.3, 0.4) is 0 Å². The summed E-state index contributed by atoms with van der Waals surface area (Å²) in [5.41, 5.74) is 1.54. The molecule has 0 saturated heterocycles. The van der Waals surface area contributed by atoms with Crippen LogP contribution in [-0.2, 0) is 9.53 Å². The van der Waals surface area contributed by atoms with Crippen LogP contribution >= 0.6 is 0 Å². The molecule has 170 valence electrons. The first-order valence-corrected chi connectivity index (χ1v) is 11.5. The standard InChI is InChI=1S/C26H32N2O4/c1-3-32-22-14-8-7-13-21(22)27-24(29)23-19-11-5-6-12-20(19)25(30)28(17-18-31-2)26(23)15-9-4-10-16-26/h5-8,11-14,23H,3-4,9-10,15-18H2,1-2H3,(H,27,29)/t23-/m1/s1. The molecule has 0 unspecified atom stereocenters. The van der Waals surface area contributed by atoms with E-state index >= 15 is 0 Å². The molecule has 1 heterocycles. The number of methoxy groups -OCH3 is 1. The van der Waals surface area contributed by atoms with Crippen LogP contribution < -0.4 is 10.1 Å². The number of para-hydroxylation sites is 2. The van der Waals surface area contributed by atoms with Crippen molar-refractivity contribution in [1.82, 2.24) is 4.90 Å². The van der Waals surface area contributed by atoms with Crippen molar-refractivity contribution in [3.8, 4) is 5.75 Å². The lowest BCUT2D eigenvalue weighted by Gasteiger charge is -2.53. The Labute approximate surface area is 189 Å². The lowest BCUT2D eigenvalue weighted by Crippen LogP contribution is -2.62. The third-order valence-electron chi connectivity index (χ3n) is 6.77. The molecule has 2 aromatic rings. The van der Waals surface area contributed by atoms with Crippen molar-refractivity contribution >= 4 is 17.5 Å². The van der Waals surface area contributed by atoms with Crippen LogP contribution in [0.5, 0.6) is 5.75 Å². The highest BCUT2D eigenvalue weighted by atomic mass is 16.5. The molecule has 2 aromatic carbocycles. The number of fused-ring (bicyclic) bond motifs is 1. The molecule has 32 heavy (non-hydrogen) atoms. The van der Waals surface area contributed by atoms with Crippen LogP contribution in [0.25, 0.3) is 0 Å². The van der Waals surface area contributed by atoms with E-state index in [-0.39, 0.29) is 11.8 Å². The highest BCUT2D eigenvalue weighted by molar-refractivity contribution is 6.05. The van der Waals surface area contributed by atoms with Crippen LogP contribution in [0, 0.1) is 0 Å². The number of carbonyl (C=O) groups is 2. The van der Waals surface area contributed by atoms with Crippen molar-refractivity contribution in [1.29, 1.82) is 0 Å². The summed E-state index contributed by atoms with van der Waals surface area (Å²) in [4.78, 5) is 29.5. The summed E-state index contributed by atoms with van der Waals surface area (Å²) in [6.45, 7) is 3.36. The Kier molecular flexibility index (Phi) is 6.80. The molecule has 1 aliphatic carbocycles. The molecule has 1 fully saturated rings. The summed E-state index contributed by atoms with van der Waals surface area (Å²) in [5, 5.41) is 3.14. The second-order valence-electron chi connectivity index (χ2n) is 8.55. The lowest BCUT2D eigenvalue weighted by molar-refractivity contribution is -0.122. The van der Waals surface area contributed by atoms with Crippen molar-refractivity contribution in [3.63, 3.8) is 0 Å². The van der Waals surface area contributed by atoms with E-state index in [4.69, 9.17) is 9.47 Å². The number of benzene rings is 2. The van der Waals surface area contributed by atoms with E-state index in [0.717, 1.165) is 37.7 Å². The molecule has 2 amide bonds. The number of amides is 2. The maximum atomic E-state index is 14.0. The average Bonchev–Trinajstić information content (AvgIpc) is 2.81. The van der Waals surface area contributed by atoms with Gasteiger partial charge in [0, 0.05) is 19.2 Å². The molecule has 0 radical (unpaired) electrons. The zero-order chi connectivity index (χ0) is 22.6. The largest absolute Gasteiger partial charge is 0.492 e. The number of carbonyl (C=O) groups excluding carboxylic acids is 2. The van der Waals surface area contributed by atoms with Gasteiger partial charge in [0.1, 0.15) is 5.75 Å². The van der Waals surface area contributed by atoms with Crippen LogP contribution in [0.15, 0.2) is 48.5 Å². The smallest absolute Gasteiger partial charge is 0.254 e. The maximum absolute atomic E-state index is 14.0. The van der Waals surface area contributed by atoms with Gasteiger partial charge in [-0.1, -0.05) is 49.6 Å².